The molecule has 5 heteroatoms. The lowest BCUT2D eigenvalue weighted by Gasteiger charge is -2.36. The number of likely N-dealkylation sites (N-methyl/N-ethyl adjacent to an activating group) is 1. The summed E-state index contributed by atoms with van der Waals surface area (Å²) >= 11 is 0. The Morgan fingerprint density at radius 1 is 1.24 bits per heavy atom. The van der Waals surface area contributed by atoms with E-state index >= 15 is 0 Å². The second-order valence-electron chi connectivity index (χ2n) is 5.97. The van der Waals surface area contributed by atoms with E-state index in [1.54, 1.807) is 19.9 Å². The predicted molar refractivity (Wildman–Crippen MR) is 78.7 cm³/mol. The summed E-state index contributed by atoms with van der Waals surface area (Å²) in [7, 11) is 2.06. The van der Waals surface area contributed by atoms with E-state index in [0.29, 0.717) is 18.0 Å². The van der Waals surface area contributed by atoms with E-state index in [1.807, 2.05) is 6.92 Å². The zero-order chi connectivity index (χ0) is 15.6. The number of esters is 2. The number of allylic oxidation sites excluding steroid dienone is 1. The maximum absolute atomic E-state index is 11.9. The zero-order valence-corrected chi connectivity index (χ0v) is 13.3. The Bertz CT molecular complexity index is 446. The van der Waals surface area contributed by atoms with Crippen molar-refractivity contribution < 1.29 is 19.1 Å². The maximum atomic E-state index is 11.9. The molecule has 0 spiro atoms. The highest BCUT2D eigenvalue weighted by atomic mass is 16.6. The Balaban J connectivity index is 1.98. The summed E-state index contributed by atoms with van der Waals surface area (Å²) in [6.07, 6.45) is 4.40. The van der Waals surface area contributed by atoms with E-state index < -0.39 is 0 Å². The SMILES string of the molecule is C/C=C(\C)C(=O)O[C@@H]1C[C@@H]2C[C@H](OC(=O)CC)[C@@H](C1)N2C. The van der Waals surface area contributed by atoms with Crippen LogP contribution < -0.4 is 0 Å². The van der Waals surface area contributed by atoms with Gasteiger partial charge in [0.05, 0.1) is 6.04 Å². The number of carbonyl (C=O) groups is 2. The molecule has 0 amide bonds. The first-order valence-corrected chi connectivity index (χ1v) is 7.71. The summed E-state index contributed by atoms with van der Waals surface area (Å²) in [4.78, 5) is 25.7. The molecule has 2 rings (SSSR count). The van der Waals surface area contributed by atoms with Crippen molar-refractivity contribution in [3.05, 3.63) is 11.6 Å². The molecule has 0 aromatic rings. The van der Waals surface area contributed by atoms with E-state index in [9.17, 15) is 9.59 Å². The molecule has 2 saturated heterocycles. The van der Waals surface area contributed by atoms with Crippen molar-refractivity contribution in [1.29, 1.82) is 0 Å². The fourth-order valence-electron chi connectivity index (χ4n) is 3.21. The van der Waals surface area contributed by atoms with Crippen LogP contribution in [0, 0.1) is 0 Å². The van der Waals surface area contributed by atoms with Gasteiger partial charge >= 0.3 is 11.9 Å². The quantitative estimate of drug-likeness (QED) is 0.587. The van der Waals surface area contributed by atoms with E-state index in [4.69, 9.17) is 9.47 Å². The summed E-state index contributed by atoms with van der Waals surface area (Å²) < 4.78 is 11.1. The third kappa shape index (κ3) is 3.46. The Kier molecular flexibility index (Phi) is 5.04. The average molecular weight is 295 g/mol. The lowest BCUT2D eigenvalue weighted by atomic mass is 10.00. The zero-order valence-electron chi connectivity index (χ0n) is 13.3. The van der Waals surface area contributed by atoms with E-state index in [0.717, 1.165) is 19.3 Å². The van der Waals surface area contributed by atoms with Gasteiger partial charge in [0, 0.05) is 37.3 Å². The summed E-state index contributed by atoms with van der Waals surface area (Å²) in [6, 6.07) is 0.477. The number of rotatable bonds is 4. The normalized spacial score (nSPS) is 32.9. The second-order valence-corrected chi connectivity index (χ2v) is 5.97. The molecule has 2 bridgehead atoms. The molecule has 4 atom stereocenters. The molecule has 0 unspecified atom stereocenters. The van der Waals surface area contributed by atoms with Gasteiger partial charge in [-0.05, 0) is 20.9 Å². The van der Waals surface area contributed by atoms with Gasteiger partial charge in [0.25, 0.3) is 0 Å². The number of hydrogen-bond donors (Lipinski definition) is 0. The van der Waals surface area contributed by atoms with Crippen molar-refractivity contribution in [2.45, 2.75) is 70.7 Å². The van der Waals surface area contributed by atoms with Gasteiger partial charge in [-0.15, -0.1) is 0 Å². The van der Waals surface area contributed by atoms with Crippen LogP contribution in [0.15, 0.2) is 11.6 Å². The molecule has 0 aromatic heterocycles. The van der Waals surface area contributed by atoms with Gasteiger partial charge in [0.2, 0.25) is 0 Å². The molecule has 118 valence electrons. The van der Waals surface area contributed by atoms with Crippen LogP contribution >= 0.6 is 0 Å². The third-order valence-corrected chi connectivity index (χ3v) is 4.67. The van der Waals surface area contributed by atoms with Gasteiger partial charge in [-0.1, -0.05) is 13.0 Å². The molecule has 0 aliphatic carbocycles. The van der Waals surface area contributed by atoms with E-state index in [2.05, 4.69) is 11.9 Å². The molecule has 21 heavy (non-hydrogen) atoms. The highest BCUT2D eigenvalue weighted by Gasteiger charge is 2.47. The number of fused-ring (bicyclic) bond motifs is 2. The average Bonchev–Trinajstić information content (AvgIpc) is 2.64. The first-order chi connectivity index (χ1) is 9.96. The van der Waals surface area contributed by atoms with Gasteiger partial charge in [-0.25, -0.2) is 4.79 Å². The monoisotopic (exact) mass is 295 g/mol. The lowest BCUT2D eigenvalue weighted by Crippen LogP contribution is -2.46. The van der Waals surface area contributed by atoms with Crippen LogP contribution in [0.1, 0.15) is 46.5 Å². The Labute approximate surface area is 126 Å². The number of nitrogens with zero attached hydrogens (tertiary/aromatic N) is 1. The van der Waals surface area contributed by atoms with Crippen LogP contribution in [0.2, 0.25) is 0 Å². The van der Waals surface area contributed by atoms with Crippen molar-refractivity contribution in [2.24, 2.45) is 0 Å². The van der Waals surface area contributed by atoms with Crippen molar-refractivity contribution in [3.8, 4) is 0 Å². The van der Waals surface area contributed by atoms with Gasteiger partial charge in [0.1, 0.15) is 12.2 Å². The summed E-state index contributed by atoms with van der Waals surface area (Å²) in [5.74, 6) is -0.396. The minimum atomic E-state index is -0.242. The van der Waals surface area contributed by atoms with Gasteiger partial charge in [0.15, 0.2) is 0 Å². The second kappa shape index (κ2) is 6.60. The number of hydrogen-bond acceptors (Lipinski definition) is 5. The molecule has 2 heterocycles. The molecular weight excluding hydrogens is 270 g/mol. The minimum Gasteiger partial charge on any atom is -0.461 e. The fourth-order valence-corrected chi connectivity index (χ4v) is 3.21. The molecule has 0 aromatic carbocycles. The maximum Gasteiger partial charge on any atom is 0.333 e. The van der Waals surface area contributed by atoms with Crippen LogP contribution in [0.3, 0.4) is 0 Å². The molecular formula is C16H25NO4. The molecule has 2 fully saturated rings. The van der Waals surface area contributed by atoms with Crippen molar-refractivity contribution >= 4 is 11.9 Å². The van der Waals surface area contributed by atoms with Crippen molar-refractivity contribution in [2.75, 3.05) is 7.05 Å². The first kappa shape index (κ1) is 16.0. The topological polar surface area (TPSA) is 55.8 Å². The van der Waals surface area contributed by atoms with Crippen LogP contribution in [0.5, 0.6) is 0 Å². The Hall–Kier alpha value is -1.36. The highest BCUT2D eigenvalue weighted by Crippen LogP contribution is 2.37. The standard InChI is InChI=1S/C16H25NO4/c1-5-10(3)16(19)20-12-7-11-8-14(21-15(18)6-2)13(9-12)17(11)4/h5,11-14H,6-9H2,1-4H3/b10-5+/t11-,12-,13-,14+/m1/s1. The third-order valence-electron chi connectivity index (χ3n) is 4.67. The molecule has 5 nitrogen and oxygen atoms in total. The molecule has 0 N–H and O–H groups in total. The number of piperidine rings is 1. The van der Waals surface area contributed by atoms with Crippen molar-refractivity contribution in [1.82, 2.24) is 4.90 Å². The number of ether oxygens (including phenoxy) is 2. The first-order valence-electron chi connectivity index (χ1n) is 7.71. The number of carbonyl (C=O) groups excluding carboxylic acids is 2. The predicted octanol–water partition coefficient (Wildman–Crippen LogP) is 2.05. The summed E-state index contributed by atoms with van der Waals surface area (Å²) in [5.41, 5.74) is 0.634. The molecule has 0 radical (unpaired) electrons. The van der Waals surface area contributed by atoms with Crippen LogP contribution in [-0.4, -0.2) is 48.2 Å². The van der Waals surface area contributed by atoms with Crippen LogP contribution in [0.4, 0.5) is 0 Å². The molecule has 0 saturated carbocycles. The Morgan fingerprint density at radius 3 is 2.57 bits per heavy atom. The van der Waals surface area contributed by atoms with Gasteiger partial charge in [-0.2, -0.15) is 0 Å². The fraction of sp³-hybridized carbons (Fsp3) is 0.750. The van der Waals surface area contributed by atoms with Crippen molar-refractivity contribution in [3.63, 3.8) is 0 Å². The minimum absolute atomic E-state index is 0.0704. The van der Waals surface area contributed by atoms with E-state index in [1.165, 1.54) is 0 Å². The van der Waals surface area contributed by atoms with Crippen LogP contribution in [0.25, 0.3) is 0 Å². The van der Waals surface area contributed by atoms with E-state index in [-0.39, 0.29) is 30.2 Å². The smallest absolute Gasteiger partial charge is 0.333 e. The lowest BCUT2D eigenvalue weighted by molar-refractivity contribution is -0.153. The highest BCUT2D eigenvalue weighted by molar-refractivity contribution is 5.87. The van der Waals surface area contributed by atoms with Crippen LogP contribution in [-0.2, 0) is 19.1 Å². The molecule has 2 aliphatic heterocycles. The largest absolute Gasteiger partial charge is 0.461 e. The Morgan fingerprint density at radius 2 is 1.95 bits per heavy atom. The molecule has 2 aliphatic rings. The summed E-state index contributed by atoms with van der Waals surface area (Å²) in [6.45, 7) is 5.39. The summed E-state index contributed by atoms with van der Waals surface area (Å²) in [5, 5.41) is 0. The van der Waals surface area contributed by atoms with Gasteiger partial charge in [-0.3, -0.25) is 9.69 Å². The van der Waals surface area contributed by atoms with Gasteiger partial charge < -0.3 is 9.47 Å².